The summed E-state index contributed by atoms with van der Waals surface area (Å²) in [6, 6.07) is 5.50. The molecule has 24 heavy (non-hydrogen) atoms. The number of ketones is 1. The Balaban J connectivity index is 3.01. The molecule has 0 radical (unpaired) electrons. The molecule has 1 rings (SSSR count). The molecule has 0 aromatic heterocycles. The minimum absolute atomic E-state index is 0.235. The van der Waals surface area contributed by atoms with Gasteiger partial charge in [-0.15, -0.1) is 0 Å². The number of carbonyl (C=O) groups is 2. The number of alkyl carbamates (subject to hydrolysis) is 1. The highest BCUT2D eigenvalue weighted by Gasteiger charge is 2.34. The van der Waals surface area contributed by atoms with Gasteiger partial charge >= 0.3 is 6.09 Å². The van der Waals surface area contributed by atoms with Crippen molar-refractivity contribution in [1.82, 2.24) is 5.32 Å². The van der Waals surface area contributed by atoms with Crippen LogP contribution in [0.1, 0.15) is 51.9 Å². The van der Waals surface area contributed by atoms with Gasteiger partial charge in [-0.3, -0.25) is 4.79 Å². The van der Waals surface area contributed by atoms with E-state index in [1.165, 1.54) is 0 Å². The average molecular weight is 332 g/mol. The Kier molecular flexibility index (Phi) is 5.99. The first-order valence-corrected chi connectivity index (χ1v) is 7.63. The molecule has 0 aliphatic rings. The van der Waals surface area contributed by atoms with E-state index in [0.717, 1.165) is 0 Å². The second kappa shape index (κ2) is 7.36. The number of carbonyl (C=O) groups excluding carboxylic acids is 2. The lowest BCUT2D eigenvalue weighted by molar-refractivity contribution is 0.0446. The molecule has 1 aromatic carbocycles. The zero-order valence-electron chi connectivity index (χ0n) is 15.0. The number of nitrogens with one attached hydrogen (secondary N) is 1. The first kappa shape index (κ1) is 19.5. The Labute approximate surface area is 142 Å². The third-order valence-corrected chi connectivity index (χ3v) is 3.10. The lowest BCUT2D eigenvalue weighted by Crippen LogP contribution is -2.50. The van der Waals surface area contributed by atoms with Crippen LogP contribution < -0.4 is 5.32 Å². The third kappa shape index (κ3) is 5.93. The molecule has 0 unspecified atom stereocenters. The van der Waals surface area contributed by atoms with E-state index < -0.39 is 23.2 Å². The molecule has 0 bridgehead atoms. The summed E-state index contributed by atoms with van der Waals surface area (Å²) >= 11 is 0. The number of amides is 1. The van der Waals surface area contributed by atoms with E-state index in [1.807, 2.05) is 20.8 Å². The van der Waals surface area contributed by atoms with Gasteiger partial charge in [0.15, 0.2) is 5.78 Å². The molecule has 130 valence electrons. The third-order valence-electron chi connectivity index (χ3n) is 3.10. The van der Waals surface area contributed by atoms with E-state index in [-0.39, 0.29) is 5.78 Å². The monoisotopic (exact) mass is 332 g/mol. The van der Waals surface area contributed by atoms with Crippen LogP contribution in [0.5, 0.6) is 0 Å². The Morgan fingerprint density at radius 3 is 2.08 bits per heavy atom. The summed E-state index contributed by atoms with van der Waals surface area (Å²) in [5, 5.41) is 6.13. The topological polar surface area (TPSA) is 104 Å². The molecular formula is C17H24N4O3. The quantitative estimate of drug-likeness (QED) is 0.372. The maximum Gasteiger partial charge on any atom is 0.408 e. The van der Waals surface area contributed by atoms with Crippen molar-refractivity contribution in [2.45, 2.75) is 53.2 Å². The standard InChI is InChI=1S/C17H24N4O3/c1-16(2,3)14(19-15(23)24-17(4,5)6)13(22)11-7-9-12(10-8-11)20-21-18/h7-10,14H,1-6H3,(H,19,23)/t14-/m1/s1. The lowest BCUT2D eigenvalue weighted by Gasteiger charge is -2.31. The summed E-state index contributed by atoms with van der Waals surface area (Å²) in [5.41, 5.74) is 8.10. The number of rotatable bonds is 4. The number of ether oxygens (including phenoxy) is 1. The van der Waals surface area contributed by atoms with Gasteiger partial charge in [0.2, 0.25) is 0 Å². The molecule has 1 aromatic rings. The highest BCUT2D eigenvalue weighted by molar-refractivity contribution is 6.02. The molecule has 0 spiro atoms. The number of hydrogen-bond donors (Lipinski definition) is 1. The van der Waals surface area contributed by atoms with Crippen LogP contribution in [0.2, 0.25) is 0 Å². The molecule has 1 N–H and O–H groups in total. The zero-order chi connectivity index (χ0) is 18.5. The number of benzene rings is 1. The van der Waals surface area contributed by atoms with E-state index in [9.17, 15) is 9.59 Å². The van der Waals surface area contributed by atoms with E-state index >= 15 is 0 Å². The highest BCUT2D eigenvalue weighted by Crippen LogP contribution is 2.24. The van der Waals surface area contributed by atoms with Gasteiger partial charge in [-0.1, -0.05) is 50.2 Å². The van der Waals surface area contributed by atoms with Gasteiger partial charge in [-0.2, -0.15) is 0 Å². The van der Waals surface area contributed by atoms with Crippen molar-refractivity contribution in [2.75, 3.05) is 0 Å². The minimum atomic E-state index is -0.752. The van der Waals surface area contributed by atoms with Crippen molar-refractivity contribution >= 4 is 17.6 Å². The zero-order valence-corrected chi connectivity index (χ0v) is 15.0. The van der Waals surface area contributed by atoms with Crippen LogP contribution in [0.3, 0.4) is 0 Å². The number of nitrogens with zero attached hydrogens (tertiary/aromatic N) is 3. The molecule has 1 atom stereocenters. The molecular weight excluding hydrogens is 308 g/mol. The Morgan fingerprint density at radius 1 is 1.12 bits per heavy atom. The van der Waals surface area contributed by atoms with Gasteiger partial charge in [0.05, 0.1) is 0 Å². The molecule has 0 aliphatic carbocycles. The second-order valence-corrected chi connectivity index (χ2v) is 7.55. The molecule has 0 aliphatic heterocycles. The fraction of sp³-hybridized carbons (Fsp3) is 0.529. The van der Waals surface area contributed by atoms with Crippen LogP contribution in [0.4, 0.5) is 10.5 Å². The lowest BCUT2D eigenvalue weighted by atomic mass is 9.82. The number of azide groups is 1. The van der Waals surface area contributed by atoms with E-state index in [2.05, 4.69) is 15.3 Å². The highest BCUT2D eigenvalue weighted by atomic mass is 16.6. The van der Waals surface area contributed by atoms with Gasteiger partial charge in [0, 0.05) is 16.2 Å². The number of Topliss-reactive ketones (excluding diaryl/α,β-unsaturated/α-hetero) is 1. The molecule has 7 heteroatoms. The van der Waals surface area contributed by atoms with Crippen molar-refractivity contribution in [3.63, 3.8) is 0 Å². The number of hydrogen-bond acceptors (Lipinski definition) is 4. The van der Waals surface area contributed by atoms with Crippen LogP contribution in [0, 0.1) is 5.41 Å². The van der Waals surface area contributed by atoms with E-state index in [1.54, 1.807) is 45.0 Å². The summed E-state index contributed by atoms with van der Waals surface area (Å²) in [7, 11) is 0. The molecule has 0 heterocycles. The summed E-state index contributed by atoms with van der Waals surface area (Å²) in [6.45, 7) is 10.9. The van der Waals surface area contributed by atoms with Crippen molar-refractivity contribution in [3.8, 4) is 0 Å². The first-order chi connectivity index (χ1) is 10.9. The molecule has 1 amide bonds. The summed E-state index contributed by atoms with van der Waals surface area (Å²) in [6.07, 6.45) is -0.638. The van der Waals surface area contributed by atoms with Gasteiger partial charge in [0.1, 0.15) is 11.6 Å². The van der Waals surface area contributed by atoms with E-state index in [4.69, 9.17) is 10.3 Å². The van der Waals surface area contributed by atoms with Crippen LogP contribution in [-0.4, -0.2) is 23.5 Å². The molecule has 7 nitrogen and oxygen atoms in total. The SMILES string of the molecule is CC(C)(C)OC(=O)N[C@H](C(=O)c1ccc(N=[N+]=[N-])cc1)C(C)(C)C. The predicted molar refractivity (Wildman–Crippen MR) is 92.2 cm³/mol. The van der Waals surface area contributed by atoms with Crippen LogP contribution in [-0.2, 0) is 4.74 Å². The Morgan fingerprint density at radius 2 is 1.67 bits per heavy atom. The van der Waals surface area contributed by atoms with Crippen LogP contribution in [0.15, 0.2) is 29.4 Å². The van der Waals surface area contributed by atoms with Gasteiger partial charge < -0.3 is 10.1 Å². The Hall–Kier alpha value is -2.53. The maximum atomic E-state index is 12.8. The largest absolute Gasteiger partial charge is 0.444 e. The maximum absolute atomic E-state index is 12.8. The average Bonchev–Trinajstić information content (AvgIpc) is 2.42. The van der Waals surface area contributed by atoms with Crippen molar-refractivity contribution < 1.29 is 14.3 Å². The molecule has 0 saturated carbocycles. The van der Waals surface area contributed by atoms with Crippen molar-refractivity contribution in [2.24, 2.45) is 10.5 Å². The summed E-state index contributed by atoms with van der Waals surface area (Å²) in [5.74, 6) is -0.235. The molecule has 0 fully saturated rings. The molecule has 0 saturated heterocycles. The minimum Gasteiger partial charge on any atom is -0.444 e. The summed E-state index contributed by atoms with van der Waals surface area (Å²) < 4.78 is 5.24. The van der Waals surface area contributed by atoms with Crippen molar-refractivity contribution in [1.29, 1.82) is 0 Å². The van der Waals surface area contributed by atoms with Crippen molar-refractivity contribution in [3.05, 3.63) is 40.3 Å². The van der Waals surface area contributed by atoms with Gasteiger partial charge in [-0.05, 0) is 31.7 Å². The van der Waals surface area contributed by atoms with Crippen LogP contribution >= 0.6 is 0 Å². The van der Waals surface area contributed by atoms with Gasteiger partial charge in [0.25, 0.3) is 0 Å². The normalized spacial score (nSPS) is 12.8. The first-order valence-electron chi connectivity index (χ1n) is 7.63. The predicted octanol–water partition coefficient (Wildman–Crippen LogP) is 4.75. The fourth-order valence-corrected chi connectivity index (χ4v) is 2.01. The second-order valence-electron chi connectivity index (χ2n) is 7.55. The van der Waals surface area contributed by atoms with E-state index in [0.29, 0.717) is 11.3 Å². The Bertz CT molecular complexity index is 648. The fourth-order valence-electron chi connectivity index (χ4n) is 2.01. The van der Waals surface area contributed by atoms with Gasteiger partial charge in [-0.25, -0.2) is 4.79 Å². The summed E-state index contributed by atoms with van der Waals surface area (Å²) in [4.78, 5) is 27.5. The smallest absolute Gasteiger partial charge is 0.408 e. The van der Waals surface area contributed by atoms with Crippen LogP contribution in [0.25, 0.3) is 10.4 Å².